The maximum atomic E-state index is 12.2. The van der Waals surface area contributed by atoms with E-state index >= 15 is 0 Å². The van der Waals surface area contributed by atoms with E-state index < -0.39 is 0 Å². The van der Waals surface area contributed by atoms with Crippen molar-refractivity contribution < 1.29 is 4.79 Å². The molecule has 1 aliphatic rings. The molecule has 2 N–H and O–H groups in total. The molecule has 19 heavy (non-hydrogen) atoms. The van der Waals surface area contributed by atoms with Crippen LogP contribution in [0.3, 0.4) is 0 Å². The summed E-state index contributed by atoms with van der Waals surface area (Å²) in [5, 5.41) is 0. The van der Waals surface area contributed by atoms with Gasteiger partial charge in [-0.3, -0.25) is 14.6 Å². The molecule has 1 fully saturated rings. The number of rotatable bonds is 3. The van der Waals surface area contributed by atoms with Crippen LogP contribution in [0.1, 0.15) is 19.8 Å². The van der Waals surface area contributed by atoms with E-state index in [9.17, 15) is 4.79 Å². The number of hydrogen-bond acceptors (Lipinski definition) is 4. The molecule has 2 heterocycles. The van der Waals surface area contributed by atoms with Gasteiger partial charge in [0.1, 0.15) is 5.82 Å². The number of carbonyl (C=O) groups is 1. The smallest absolute Gasteiger partial charge is 0.242 e. The molecular formula is C14H22N4O. The van der Waals surface area contributed by atoms with Gasteiger partial charge in [0.2, 0.25) is 5.91 Å². The first kappa shape index (κ1) is 13.8. The molecule has 0 spiro atoms. The Labute approximate surface area is 114 Å². The van der Waals surface area contributed by atoms with Crippen LogP contribution in [0.4, 0.5) is 11.5 Å². The highest BCUT2D eigenvalue weighted by atomic mass is 16.2. The number of nitrogen functional groups attached to an aromatic ring is 1. The minimum absolute atomic E-state index is 0.0758. The predicted octanol–water partition coefficient (Wildman–Crippen LogP) is 1.36. The van der Waals surface area contributed by atoms with Crippen LogP contribution in [-0.2, 0) is 4.79 Å². The Morgan fingerprint density at radius 1 is 1.47 bits per heavy atom. The van der Waals surface area contributed by atoms with Crippen LogP contribution in [0.2, 0.25) is 0 Å². The number of pyridine rings is 1. The summed E-state index contributed by atoms with van der Waals surface area (Å²) in [6, 6.07) is 3.53. The lowest BCUT2D eigenvalue weighted by atomic mass is 9.99. The fourth-order valence-electron chi connectivity index (χ4n) is 2.24. The van der Waals surface area contributed by atoms with Gasteiger partial charge in [-0.25, -0.2) is 4.98 Å². The third-order valence-electron chi connectivity index (χ3n) is 3.72. The molecule has 0 aliphatic carbocycles. The SMILES string of the molecule is CC1CCN(CC(=O)N(C)c2ccc(N)cn2)CC1. The molecular weight excluding hydrogens is 240 g/mol. The van der Waals surface area contributed by atoms with Crippen molar-refractivity contribution in [1.82, 2.24) is 9.88 Å². The van der Waals surface area contributed by atoms with E-state index in [1.807, 2.05) is 0 Å². The Balaban J connectivity index is 1.90. The molecule has 1 amide bonds. The van der Waals surface area contributed by atoms with E-state index in [4.69, 9.17) is 5.73 Å². The van der Waals surface area contributed by atoms with E-state index in [1.165, 1.54) is 12.8 Å². The molecule has 5 heteroatoms. The number of nitrogens with zero attached hydrogens (tertiary/aromatic N) is 3. The van der Waals surface area contributed by atoms with E-state index in [-0.39, 0.29) is 5.91 Å². The summed E-state index contributed by atoms with van der Waals surface area (Å²) in [5.74, 6) is 1.50. The lowest BCUT2D eigenvalue weighted by Crippen LogP contribution is -2.42. The monoisotopic (exact) mass is 262 g/mol. The van der Waals surface area contributed by atoms with Crippen molar-refractivity contribution >= 4 is 17.4 Å². The minimum atomic E-state index is 0.0758. The van der Waals surface area contributed by atoms with Crippen molar-refractivity contribution in [1.29, 1.82) is 0 Å². The van der Waals surface area contributed by atoms with E-state index in [1.54, 1.807) is 30.3 Å². The number of hydrogen-bond donors (Lipinski definition) is 1. The number of carbonyl (C=O) groups excluding carboxylic acids is 1. The quantitative estimate of drug-likeness (QED) is 0.893. The molecule has 0 unspecified atom stereocenters. The Morgan fingerprint density at radius 3 is 2.74 bits per heavy atom. The Kier molecular flexibility index (Phi) is 4.37. The molecule has 0 aromatic carbocycles. The van der Waals surface area contributed by atoms with Gasteiger partial charge in [-0.15, -0.1) is 0 Å². The first-order valence-corrected chi connectivity index (χ1v) is 6.76. The molecule has 5 nitrogen and oxygen atoms in total. The summed E-state index contributed by atoms with van der Waals surface area (Å²) in [7, 11) is 1.76. The fraction of sp³-hybridized carbons (Fsp3) is 0.571. The van der Waals surface area contributed by atoms with Crippen LogP contribution < -0.4 is 10.6 Å². The summed E-state index contributed by atoms with van der Waals surface area (Å²) in [6.45, 7) is 4.75. The zero-order valence-corrected chi connectivity index (χ0v) is 11.7. The second-order valence-corrected chi connectivity index (χ2v) is 5.36. The first-order chi connectivity index (χ1) is 9.06. The summed E-state index contributed by atoms with van der Waals surface area (Å²) >= 11 is 0. The summed E-state index contributed by atoms with van der Waals surface area (Å²) in [6.07, 6.45) is 3.93. The zero-order chi connectivity index (χ0) is 13.8. The van der Waals surface area contributed by atoms with Crippen LogP contribution in [0.15, 0.2) is 18.3 Å². The molecule has 0 bridgehead atoms. The van der Waals surface area contributed by atoms with Gasteiger partial charge >= 0.3 is 0 Å². The van der Waals surface area contributed by atoms with Crippen molar-refractivity contribution in [3.8, 4) is 0 Å². The molecule has 0 atom stereocenters. The van der Waals surface area contributed by atoms with Crippen molar-refractivity contribution in [2.24, 2.45) is 5.92 Å². The molecule has 0 radical (unpaired) electrons. The van der Waals surface area contributed by atoms with Crippen LogP contribution >= 0.6 is 0 Å². The number of anilines is 2. The molecule has 1 aliphatic heterocycles. The van der Waals surface area contributed by atoms with Crippen molar-refractivity contribution in [2.45, 2.75) is 19.8 Å². The minimum Gasteiger partial charge on any atom is -0.397 e. The topological polar surface area (TPSA) is 62.5 Å². The van der Waals surface area contributed by atoms with Gasteiger partial charge in [-0.2, -0.15) is 0 Å². The highest BCUT2D eigenvalue weighted by Gasteiger charge is 2.20. The molecule has 1 aromatic heterocycles. The lowest BCUT2D eigenvalue weighted by Gasteiger charge is -2.30. The van der Waals surface area contributed by atoms with E-state index in [2.05, 4.69) is 16.8 Å². The van der Waals surface area contributed by atoms with Gasteiger partial charge in [-0.1, -0.05) is 6.92 Å². The maximum Gasteiger partial charge on any atom is 0.242 e. The summed E-state index contributed by atoms with van der Waals surface area (Å²) in [4.78, 5) is 20.2. The summed E-state index contributed by atoms with van der Waals surface area (Å²) < 4.78 is 0. The van der Waals surface area contributed by atoms with Crippen LogP contribution in [0.25, 0.3) is 0 Å². The number of aromatic nitrogens is 1. The van der Waals surface area contributed by atoms with Gasteiger partial charge in [0.05, 0.1) is 18.4 Å². The predicted molar refractivity (Wildman–Crippen MR) is 76.9 cm³/mol. The highest BCUT2D eigenvalue weighted by molar-refractivity contribution is 5.93. The van der Waals surface area contributed by atoms with Crippen LogP contribution in [-0.4, -0.2) is 42.5 Å². The van der Waals surface area contributed by atoms with Gasteiger partial charge in [-0.05, 0) is 44.0 Å². The van der Waals surface area contributed by atoms with Gasteiger partial charge in [0.15, 0.2) is 0 Å². The average Bonchev–Trinajstić information content (AvgIpc) is 2.41. The first-order valence-electron chi connectivity index (χ1n) is 6.76. The number of likely N-dealkylation sites (tertiary alicyclic amines) is 1. The van der Waals surface area contributed by atoms with E-state index in [0.29, 0.717) is 18.1 Å². The van der Waals surface area contributed by atoms with Crippen molar-refractivity contribution in [3.05, 3.63) is 18.3 Å². The molecule has 2 rings (SSSR count). The van der Waals surface area contributed by atoms with Crippen molar-refractivity contribution in [3.63, 3.8) is 0 Å². The zero-order valence-electron chi connectivity index (χ0n) is 11.7. The Hall–Kier alpha value is -1.62. The number of amides is 1. The second-order valence-electron chi connectivity index (χ2n) is 5.36. The maximum absolute atomic E-state index is 12.2. The van der Waals surface area contributed by atoms with Gasteiger partial charge < -0.3 is 5.73 Å². The number of piperidine rings is 1. The number of likely N-dealkylation sites (N-methyl/N-ethyl adjacent to an activating group) is 1. The third-order valence-corrected chi connectivity index (χ3v) is 3.72. The lowest BCUT2D eigenvalue weighted by molar-refractivity contribution is -0.119. The average molecular weight is 262 g/mol. The standard InChI is InChI=1S/C14H22N4O/c1-11-5-7-18(8-6-11)10-14(19)17(2)13-4-3-12(15)9-16-13/h3-4,9,11H,5-8,10,15H2,1-2H3. The molecule has 0 saturated carbocycles. The van der Waals surface area contributed by atoms with Gasteiger partial charge in [0, 0.05) is 7.05 Å². The molecule has 1 saturated heterocycles. The second kappa shape index (κ2) is 6.02. The largest absolute Gasteiger partial charge is 0.397 e. The highest BCUT2D eigenvalue weighted by Crippen LogP contribution is 2.16. The molecule has 1 aromatic rings. The fourth-order valence-corrected chi connectivity index (χ4v) is 2.24. The third kappa shape index (κ3) is 3.67. The number of nitrogens with two attached hydrogens (primary N) is 1. The Bertz CT molecular complexity index is 424. The van der Waals surface area contributed by atoms with Crippen LogP contribution in [0.5, 0.6) is 0 Å². The normalized spacial score (nSPS) is 17.4. The van der Waals surface area contributed by atoms with Crippen molar-refractivity contribution in [2.75, 3.05) is 37.3 Å². The van der Waals surface area contributed by atoms with Gasteiger partial charge in [0.25, 0.3) is 0 Å². The van der Waals surface area contributed by atoms with Crippen LogP contribution in [0, 0.1) is 5.92 Å². The Morgan fingerprint density at radius 2 is 2.16 bits per heavy atom. The molecule has 104 valence electrons. The summed E-state index contributed by atoms with van der Waals surface area (Å²) in [5.41, 5.74) is 6.20. The van der Waals surface area contributed by atoms with E-state index in [0.717, 1.165) is 19.0 Å².